The van der Waals surface area contributed by atoms with Crippen molar-refractivity contribution in [1.29, 1.82) is 0 Å². The zero-order valence-electron chi connectivity index (χ0n) is 4.81. The monoisotopic (exact) mass is 123 g/mol. The number of nitrogens with one attached hydrogen (secondary N) is 3. The van der Waals surface area contributed by atoms with Gasteiger partial charge in [0.2, 0.25) is 0 Å². The fourth-order valence-electron chi connectivity index (χ4n) is 0.853. The molecule has 0 bridgehead atoms. The van der Waals surface area contributed by atoms with E-state index in [0.717, 1.165) is 18.1 Å². The van der Waals surface area contributed by atoms with E-state index in [4.69, 9.17) is 0 Å². The van der Waals surface area contributed by atoms with E-state index in [9.17, 15) is 0 Å². The Morgan fingerprint density at radius 3 is 3.44 bits per heavy atom. The summed E-state index contributed by atoms with van der Waals surface area (Å²) in [6, 6.07) is 0. The van der Waals surface area contributed by atoms with Crippen LogP contribution in [0.4, 0.5) is 5.82 Å². The van der Waals surface area contributed by atoms with Gasteiger partial charge < -0.3 is 10.3 Å². The van der Waals surface area contributed by atoms with Crippen LogP contribution in [0.5, 0.6) is 0 Å². The molecule has 1 aliphatic heterocycles. The van der Waals surface area contributed by atoms with Crippen molar-refractivity contribution in [1.82, 2.24) is 15.3 Å². The molecule has 1 radical (unpaired) electrons. The van der Waals surface area contributed by atoms with Crippen molar-refractivity contribution >= 4 is 5.82 Å². The summed E-state index contributed by atoms with van der Waals surface area (Å²) in [5.41, 5.74) is 1.11. The van der Waals surface area contributed by atoms with Gasteiger partial charge in [0.05, 0.1) is 12.0 Å². The first-order chi connectivity index (χ1) is 4.47. The summed E-state index contributed by atoms with van der Waals surface area (Å²) in [6.07, 6.45) is 1.68. The molecular weight excluding hydrogens is 116 g/mol. The van der Waals surface area contributed by atoms with Gasteiger partial charge in [-0.15, -0.1) is 0 Å². The highest BCUT2D eigenvalue weighted by Crippen LogP contribution is 2.11. The Balaban J connectivity index is 2.39. The largest absolute Gasteiger partial charge is 0.350 e. The van der Waals surface area contributed by atoms with Gasteiger partial charge in [-0.3, -0.25) is 5.32 Å². The molecule has 9 heavy (non-hydrogen) atoms. The summed E-state index contributed by atoms with van der Waals surface area (Å²) >= 11 is 0. The van der Waals surface area contributed by atoms with Crippen LogP contribution in [0.25, 0.3) is 0 Å². The van der Waals surface area contributed by atoms with Crippen molar-refractivity contribution in [3.05, 3.63) is 18.7 Å². The minimum atomic E-state index is 0.836. The summed E-state index contributed by atoms with van der Waals surface area (Å²) in [5, 5.41) is 5.98. The third kappa shape index (κ3) is 0.675. The van der Waals surface area contributed by atoms with Crippen molar-refractivity contribution in [3.63, 3.8) is 0 Å². The van der Waals surface area contributed by atoms with Crippen molar-refractivity contribution < 1.29 is 0 Å². The van der Waals surface area contributed by atoms with Crippen LogP contribution in [-0.4, -0.2) is 9.97 Å². The molecule has 0 fully saturated rings. The molecule has 0 atom stereocenters. The van der Waals surface area contributed by atoms with Crippen LogP contribution in [0.1, 0.15) is 5.69 Å². The molecule has 1 aliphatic rings. The number of fused-ring (bicyclic) bond motifs is 1. The van der Waals surface area contributed by atoms with E-state index in [1.165, 1.54) is 0 Å². The van der Waals surface area contributed by atoms with Crippen LogP contribution < -0.4 is 10.6 Å². The number of anilines is 1. The Morgan fingerprint density at radius 2 is 2.56 bits per heavy atom. The summed E-state index contributed by atoms with van der Waals surface area (Å²) in [4.78, 5) is 7.02. The quantitative estimate of drug-likeness (QED) is 0.456. The number of aromatic amines is 1. The highest BCUT2D eigenvalue weighted by molar-refractivity contribution is 5.43. The molecular formula is C5H7N4. The van der Waals surface area contributed by atoms with Gasteiger partial charge in [0.1, 0.15) is 12.5 Å². The molecule has 1 aromatic heterocycles. The molecule has 0 saturated carbocycles. The molecule has 0 aliphatic carbocycles. The van der Waals surface area contributed by atoms with Crippen molar-refractivity contribution in [2.75, 3.05) is 5.32 Å². The van der Waals surface area contributed by atoms with Crippen LogP contribution in [0.2, 0.25) is 0 Å². The minimum Gasteiger partial charge on any atom is -0.350 e. The smallest absolute Gasteiger partial charge is 0.149 e. The lowest BCUT2D eigenvalue weighted by Gasteiger charge is -2.11. The molecule has 0 aromatic carbocycles. The maximum Gasteiger partial charge on any atom is 0.149 e. The molecule has 3 N–H and O–H groups in total. The van der Waals surface area contributed by atoms with Crippen LogP contribution in [-0.2, 0) is 6.54 Å². The van der Waals surface area contributed by atoms with E-state index in [1.807, 2.05) is 0 Å². The third-order valence-corrected chi connectivity index (χ3v) is 1.31. The zero-order valence-corrected chi connectivity index (χ0v) is 4.81. The van der Waals surface area contributed by atoms with E-state index in [0.29, 0.717) is 0 Å². The van der Waals surface area contributed by atoms with E-state index < -0.39 is 0 Å². The van der Waals surface area contributed by atoms with Gasteiger partial charge in [-0.1, -0.05) is 0 Å². The average molecular weight is 123 g/mol. The zero-order chi connectivity index (χ0) is 6.10. The van der Waals surface area contributed by atoms with Gasteiger partial charge >= 0.3 is 0 Å². The summed E-state index contributed by atoms with van der Waals surface area (Å²) < 4.78 is 0. The standard InChI is InChI=1S/C5H7N4/c1-4-5(8-2-6-1)9-3-7-4/h2-3,6,8H,1H2,(H,7,9). The Kier molecular flexibility index (Phi) is 0.927. The summed E-state index contributed by atoms with van der Waals surface area (Å²) in [7, 11) is 0. The first-order valence-electron chi connectivity index (χ1n) is 2.80. The summed E-state index contributed by atoms with van der Waals surface area (Å²) in [5.74, 6) is 0.925. The van der Waals surface area contributed by atoms with Crippen molar-refractivity contribution in [3.8, 4) is 0 Å². The molecule has 0 unspecified atom stereocenters. The Labute approximate surface area is 52.7 Å². The molecule has 4 nitrogen and oxygen atoms in total. The number of H-pyrrole nitrogens is 1. The van der Waals surface area contributed by atoms with Crippen LogP contribution in [0.3, 0.4) is 0 Å². The third-order valence-electron chi connectivity index (χ3n) is 1.31. The Hall–Kier alpha value is -1.03. The van der Waals surface area contributed by atoms with E-state index in [-0.39, 0.29) is 0 Å². The van der Waals surface area contributed by atoms with Gasteiger partial charge in [0, 0.05) is 6.54 Å². The van der Waals surface area contributed by atoms with E-state index in [2.05, 4.69) is 20.6 Å². The topological polar surface area (TPSA) is 52.7 Å². The lowest BCUT2D eigenvalue weighted by molar-refractivity contribution is 0.766. The lowest BCUT2D eigenvalue weighted by Crippen LogP contribution is -2.21. The summed E-state index contributed by atoms with van der Waals surface area (Å²) in [6.45, 7) is 2.62. The first kappa shape index (κ1) is 4.81. The van der Waals surface area contributed by atoms with Crippen LogP contribution in [0, 0.1) is 6.67 Å². The number of rotatable bonds is 0. The van der Waals surface area contributed by atoms with Gasteiger partial charge in [-0.05, 0) is 0 Å². The lowest BCUT2D eigenvalue weighted by atomic mass is 10.4. The first-order valence-corrected chi connectivity index (χ1v) is 2.80. The van der Waals surface area contributed by atoms with Crippen LogP contribution >= 0.6 is 0 Å². The molecule has 47 valence electrons. The number of hydrogen-bond acceptors (Lipinski definition) is 3. The van der Waals surface area contributed by atoms with Gasteiger partial charge in [0.15, 0.2) is 0 Å². The maximum absolute atomic E-state index is 4.02. The second kappa shape index (κ2) is 1.73. The second-order valence-electron chi connectivity index (χ2n) is 1.90. The molecule has 4 heteroatoms. The van der Waals surface area contributed by atoms with E-state index in [1.54, 1.807) is 13.0 Å². The van der Waals surface area contributed by atoms with Gasteiger partial charge in [0.25, 0.3) is 0 Å². The number of aromatic nitrogens is 2. The predicted octanol–water partition coefficient (Wildman–Crippen LogP) is 0.0441. The Morgan fingerprint density at radius 1 is 1.56 bits per heavy atom. The van der Waals surface area contributed by atoms with Crippen molar-refractivity contribution in [2.45, 2.75) is 6.54 Å². The molecule has 0 amide bonds. The molecule has 0 spiro atoms. The van der Waals surface area contributed by atoms with Crippen LogP contribution in [0.15, 0.2) is 6.33 Å². The number of hydrogen-bond donors (Lipinski definition) is 3. The fourth-order valence-corrected chi connectivity index (χ4v) is 0.853. The number of nitrogens with zero attached hydrogens (tertiary/aromatic N) is 1. The van der Waals surface area contributed by atoms with E-state index >= 15 is 0 Å². The fraction of sp³-hybridized carbons (Fsp3) is 0.200. The maximum atomic E-state index is 4.02. The normalized spacial score (nSPS) is 16.4. The molecule has 1 aromatic rings. The second-order valence-corrected chi connectivity index (χ2v) is 1.90. The van der Waals surface area contributed by atoms with Gasteiger partial charge in [-0.2, -0.15) is 0 Å². The van der Waals surface area contributed by atoms with Crippen molar-refractivity contribution in [2.24, 2.45) is 0 Å². The Bertz CT molecular complexity index is 184. The highest BCUT2D eigenvalue weighted by Gasteiger charge is 2.08. The molecule has 0 saturated heterocycles. The number of imidazole rings is 1. The SMILES string of the molecule is [CH]1NCc2[nH]cnc2N1. The van der Waals surface area contributed by atoms with Gasteiger partial charge in [-0.25, -0.2) is 4.98 Å². The average Bonchev–Trinajstić information content (AvgIpc) is 2.33. The predicted molar refractivity (Wildman–Crippen MR) is 33.4 cm³/mol. The minimum absolute atomic E-state index is 0.836. The molecule has 2 rings (SSSR count). The highest BCUT2D eigenvalue weighted by atomic mass is 15.2. The molecule has 2 heterocycles.